The lowest BCUT2D eigenvalue weighted by Crippen LogP contribution is -2.50. The highest BCUT2D eigenvalue weighted by molar-refractivity contribution is 5.74. The maximum absolute atomic E-state index is 11.2. The van der Waals surface area contributed by atoms with E-state index in [9.17, 15) is 4.79 Å². The molecule has 70 valence electrons. The highest BCUT2D eigenvalue weighted by Gasteiger charge is 2.28. The molecule has 12 heavy (non-hydrogen) atoms. The van der Waals surface area contributed by atoms with Crippen molar-refractivity contribution < 1.29 is 9.90 Å². The van der Waals surface area contributed by atoms with Crippen molar-refractivity contribution >= 4 is 6.03 Å². The average molecular weight is 172 g/mol. The number of hydrogen-bond acceptors (Lipinski definition) is 2. The van der Waals surface area contributed by atoms with Gasteiger partial charge in [-0.05, 0) is 19.8 Å². The van der Waals surface area contributed by atoms with Crippen LogP contribution in [0.15, 0.2) is 0 Å². The van der Waals surface area contributed by atoms with E-state index in [1.807, 2.05) is 6.92 Å². The molecule has 0 heterocycles. The molecule has 0 unspecified atom stereocenters. The van der Waals surface area contributed by atoms with E-state index in [1.165, 1.54) is 0 Å². The van der Waals surface area contributed by atoms with Gasteiger partial charge in [0, 0.05) is 19.6 Å². The summed E-state index contributed by atoms with van der Waals surface area (Å²) in [5.74, 6) is 0. The van der Waals surface area contributed by atoms with Gasteiger partial charge in [-0.1, -0.05) is 0 Å². The molecule has 0 aromatic carbocycles. The van der Waals surface area contributed by atoms with E-state index < -0.39 is 0 Å². The lowest BCUT2D eigenvalue weighted by Gasteiger charge is -2.33. The van der Waals surface area contributed by atoms with Crippen LogP contribution in [0, 0.1) is 0 Å². The number of aliphatic hydroxyl groups excluding tert-OH is 1. The number of rotatable bonds is 2. The van der Waals surface area contributed by atoms with Gasteiger partial charge in [0.1, 0.15) is 0 Å². The zero-order chi connectivity index (χ0) is 9.14. The lowest BCUT2D eigenvalue weighted by atomic mass is 9.90. The van der Waals surface area contributed by atoms with Crippen LogP contribution in [0.1, 0.15) is 19.8 Å². The van der Waals surface area contributed by atoms with Crippen LogP contribution in [-0.4, -0.2) is 41.8 Å². The molecule has 1 aliphatic carbocycles. The molecule has 0 aromatic heterocycles. The second-order valence-electron chi connectivity index (χ2n) is 3.29. The lowest BCUT2D eigenvalue weighted by molar-refractivity contribution is 0.0642. The maximum Gasteiger partial charge on any atom is 0.317 e. The molecule has 1 aliphatic rings. The van der Waals surface area contributed by atoms with Gasteiger partial charge in [-0.3, -0.25) is 0 Å². The molecule has 1 fully saturated rings. The molecule has 1 rings (SSSR count). The molecule has 0 radical (unpaired) electrons. The monoisotopic (exact) mass is 172 g/mol. The molecule has 4 heteroatoms. The summed E-state index contributed by atoms with van der Waals surface area (Å²) in [4.78, 5) is 12.8. The molecule has 1 saturated carbocycles. The quantitative estimate of drug-likeness (QED) is 0.624. The van der Waals surface area contributed by atoms with Crippen LogP contribution in [0.4, 0.5) is 4.79 Å². The Bertz CT molecular complexity index is 166. The number of amides is 2. The van der Waals surface area contributed by atoms with E-state index in [4.69, 9.17) is 5.11 Å². The highest BCUT2D eigenvalue weighted by atomic mass is 16.3. The first-order chi connectivity index (χ1) is 5.63. The zero-order valence-corrected chi connectivity index (χ0v) is 7.58. The SMILES string of the molecule is CCN(C)C(=O)NC1CC(O)C1. The molecular weight excluding hydrogens is 156 g/mol. The topological polar surface area (TPSA) is 52.6 Å². The van der Waals surface area contributed by atoms with Crippen LogP contribution in [-0.2, 0) is 0 Å². The van der Waals surface area contributed by atoms with Gasteiger partial charge in [0.25, 0.3) is 0 Å². The first-order valence-corrected chi connectivity index (χ1v) is 4.33. The van der Waals surface area contributed by atoms with Gasteiger partial charge in [0.2, 0.25) is 0 Å². The van der Waals surface area contributed by atoms with E-state index in [2.05, 4.69) is 5.32 Å². The summed E-state index contributed by atoms with van der Waals surface area (Å²) in [6.07, 6.45) is 1.19. The molecule has 0 saturated heterocycles. The Hall–Kier alpha value is -0.770. The minimum Gasteiger partial charge on any atom is -0.393 e. The summed E-state index contributed by atoms with van der Waals surface area (Å²) >= 11 is 0. The Morgan fingerprint density at radius 3 is 2.67 bits per heavy atom. The standard InChI is InChI=1S/C8H16N2O2/c1-3-10(2)8(12)9-6-4-7(11)5-6/h6-7,11H,3-5H2,1-2H3,(H,9,12). The van der Waals surface area contributed by atoms with E-state index in [1.54, 1.807) is 11.9 Å². The summed E-state index contributed by atoms with van der Waals surface area (Å²) in [6.45, 7) is 2.64. The molecular formula is C8H16N2O2. The van der Waals surface area contributed by atoms with Crippen molar-refractivity contribution in [2.45, 2.75) is 31.9 Å². The average Bonchev–Trinajstić information content (AvgIpc) is 2.00. The summed E-state index contributed by atoms with van der Waals surface area (Å²) < 4.78 is 0. The molecule has 2 amide bonds. The Labute approximate surface area is 72.6 Å². The summed E-state index contributed by atoms with van der Waals surface area (Å²) in [6, 6.07) is 0.135. The van der Waals surface area contributed by atoms with Crippen LogP contribution in [0.2, 0.25) is 0 Å². The third kappa shape index (κ3) is 2.11. The van der Waals surface area contributed by atoms with Gasteiger partial charge in [-0.15, -0.1) is 0 Å². The fourth-order valence-corrected chi connectivity index (χ4v) is 1.13. The first kappa shape index (κ1) is 9.32. The molecule has 4 nitrogen and oxygen atoms in total. The summed E-state index contributed by atoms with van der Waals surface area (Å²) in [7, 11) is 1.75. The fourth-order valence-electron chi connectivity index (χ4n) is 1.13. The number of nitrogens with zero attached hydrogens (tertiary/aromatic N) is 1. The molecule has 0 bridgehead atoms. The Balaban J connectivity index is 2.18. The third-order valence-electron chi connectivity index (χ3n) is 2.26. The second kappa shape index (κ2) is 3.76. The van der Waals surface area contributed by atoms with Crippen LogP contribution in [0.25, 0.3) is 0 Å². The number of urea groups is 1. The molecule has 2 N–H and O–H groups in total. The normalized spacial score (nSPS) is 27.6. The van der Waals surface area contributed by atoms with Gasteiger partial charge in [0.15, 0.2) is 0 Å². The van der Waals surface area contributed by atoms with Crippen molar-refractivity contribution in [2.75, 3.05) is 13.6 Å². The number of carbonyl (C=O) groups excluding carboxylic acids is 1. The third-order valence-corrected chi connectivity index (χ3v) is 2.26. The number of carbonyl (C=O) groups is 1. The zero-order valence-electron chi connectivity index (χ0n) is 7.58. The van der Waals surface area contributed by atoms with Crippen LogP contribution in [0.5, 0.6) is 0 Å². The Morgan fingerprint density at radius 1 is 1.67 bits per heavy atom. The van der Waals surface area contributed by atoms with Crippen molar-refractivity contribution in [1.82, 2.24) is 10.2 Å². The van der Waals surface area contributed by atoms with Crippen LogP contribution < -0.4 is 5.32 Å². The van der Waals surface area contributed by atoms with Gasteiger partial charge in [-0.2, -0.15) is 0 Å². The van der Waals surface area contributed by atoms with E-state index in [0.717, 1.165) is 0 Å². The van der Waals surface area contributed by atoms with Crippen molar-refractivity contribution in [3.05, 3.63) is 0 Å². The minimum atomic E-state index is -0.206. The van der Waals surface area contributed by atoms with Gasteiger partial charge < -0.3 is 15.3 Å². The largest absolute Gasteiger partial charge is 0.393 e. The Morgan fingerprint density at radius 2 is 2.25 bits per heavy atom. The van der Waals surface area contributed by atoms with Crippen LogP contribution in [0.3, 0.4) is 0 Å². The van der Waals surface area contributed by atoms with E-state index in [0.29, 0.717) is 19.4 Å². The van der Waals surface area contributed by atoms with Crippen molar-refractivity contribution in [3.8, 4) is 0 Å². The molecule has 0 aromatic rings. The Kier molecular flexibility index (Phi) is 2.92. The van der Waals surface area contributed by atoms with Gasteiger partial charge in [-0.25, -0.2) is 4.79 Å². The van der Waals surface area contributed by atoms with Gasteiger partial charge >= 0.3 is 6.03 Å². The van der Waals surface area contributed by atoms with Crippen molar-refractivity contribution in [1.29, 1.82) is 0 Å². The number of hydrogen-bond donors (Lipinski definition) is 2. The fraction of sp³-hybridized carbons (Fsp3) is 0.875. The predicted octanol–water partition coefficient (Wildman–Crippen LogP) is 0.171. The summed E-state index contributed by atoms with van der Waals surface area (Å²) in [5, 5.41) is 11.8. The highest BCUT2D eigenvalue weighted by Crippen LogP contribution is 2.19. The summed E-state index contributed by atoms with van der Waals surface area (Å²) in [5.41, 5.74) is 0. The van der Waals surface area contributed by atoms with E-state index >= 15 is 0 Å². The maximum atomic E-state index is 11.2. The molecule has 0 spiro atoms. The van der Waals surface area contributed by atoms with E-state index in [-0.39, 0.29) is 18.2 Å². The second-order valence-corrected chi connectivity index (χ2v) is 3.29. The minimum absolute atomic E-state index is 0.0469. The van der Waals surface area contributed by atoms with Crippen molar-refractivity contribution in [3.63, 3.8) is 0 Å². The first-order valence-electron chi connectivity index (χ1n) is 4.33. The predicted molar refractivity (Wildman–Crippen MR) is 45.9 cm³/mol. The molecule has 0 atom stereocenters. The molecule has 0 aliphatic heterocycles. The van der Waals surface area contributed by atoms with Crippen molar-refractivity contribution in [2.24, 2.45) is 0 Å². The van der Waals surface area contributed by atoms with Gasteiger partial charge in [0.05, 0.1) is 6.10 Å². The van der Waals surface area contributed by atoms with Crippen LogP contribution >= 0.6 is 0 Å². The number of aliphatic hydroxyl groups is 1. The smallest absolute Gasteiger partial charge is 0.317 e. The number of nitrogens with one attached hydrogen (secondary N) is 1.